The molecule has 0 saturated carbocycles. The minimum Gasteiger partial charge on any atom is -0.352 e. The van der Waals surface area contributed by atoms with Gasteiger partial charge in [0, 0.05) is 29.3 Å². The van der Waals surface area contributed by atoms with E-state index >= 15 is 0 Å². The van der Waals surface area contributed by atoms with E-state index in [4.69, 9.17) is 11.6 Å². The number of benzene rings is 1. The number of halogens is 1. The molecular weight excluding hydrogens is 370 g/mol. The van der Waals surface area contributed by atoms with Crippen LogP contribution in [0.25, 0.3) is 10.2 Å². The molecule has 5 nitrogen and oxygen atoms in total. The van der Waals surface area contributed by atoms with Crippen LogP contribution in [0.15, 0.2) is 29.1 Å². The molecule has 0 saturated heterocycles. The molecule has 2 aromatic heterocycles. The van der Waals surface area contributed by atoms with Gasteiger partial charge in [0.2, 0.25) is 5.91 Å². The maximum absolute atomic E-state index is 12.4. The van der Waals surface area contributed by atoms with Crippen molar-refractivity contribution in [2.75, 3.05) is 0 Å². The SMILES string of the molecule is O=C(CCc1nc2sc3c(c2c(=O)[nH]1)CCC3)NCc1cccc(Cl)c1. The van der Waals surface area contributed by atoms with E-state index in [0.29, 0.717) is 23.8 Å². The lowest BCUT2D eigenvalue weighted by Crippen LogP contribution is -2.23. The molecule has 0 unspecified atom stereocenters. The lowest BCUT2D eigenvalue weighted by Gasteiger charge is -2.06. The average molecular weight is 388 g/mol. The number of nitrogens with zero attached hydrogens (tertiary/aromatic N) is 1. The molecule has 0 bridgehead atoms. The van der Waals surface area contributed by atoms with Gasteiger partial charge in [-0.05, 0) is 42.5 Å². The smallest absolute Gasteiger partial charge is 0.259 e. The molecule has 0 fully saturated rings. The number of aromatic nitrogens is 2. The van der Waals surface area contributed by atoms with Crippen LogP contribution in [0.3, 0.4) is 0 Å². The van der Waals surface area contributed by atoms with Gasteiger partial charge in [0.1, 0.15) is 10.7 Å². The van der Waals surface area contributed by atoms with Crippen LogP contribution >= 0.6 is 22.9 Å². The van der Waals surface area contributed by atoms with Gasteiger partial charge in [-0.2, -0.15) is 0 Å². The maximum Gasteiger partial charge on any atom is 0.259 e. The molecular formula is C19H18ClN3O2S. The summed E-state index contributed by atoms with van der Waals surface area (Å²) < 4.78 is 0. The Morgan fingerprint density at radius 3 is 3.08 bits per heavy atom. The average Bonchev–Trinajstić information content (AvgIpc) is 3.18. The van der Waals surface area contributed by atoms with Gasteiger partial charge in [0.05, 0.1) is 5.39 Å². The largest absolute Gasteiger partial charge is 0.352 e. The number of nitrogens with one attached hydrogen (secondary N) is 2. The summed E-state index contributed by atoms with van der Waals surface area (Å²) in [6.45, 7) is 0.431. The van der Waals surface area contributed by atoms with Gasteiger partial charge >= 0.3 is 0 Å². The zero-order valence-electron chi connectivity index (χ0n) is 14.1. The summed E-state index contributed by atoms with van der Waals surface area (Å²) in [4.78, 5) is 34.0. The van der Waals surface area contributed by atoms with Crippen molar-refractivity contribution in [3.63, 3.8) is 0 Å². The van der Waals surface area contributed by atoms with Crippen molar-refractivity contribution < 1.29 is 4.79 Å². The second kappa shape index (κ2) is 7.21. The molecule has 0 spiro atoms. The van der Waals surface area contributed by atoms with E-state index in [1.54, 1.807) is 17.4 Å². The van der Waals surface area contributed by atoms with Crippen molar-refractivity contribution in [2.45, 2.75) is 38.6 Å². The molecule has 7 heteroatoms. The number of aromatic amines is 1. The molecule has 26 heavy (non-hydrogen) atoms. The van der Waals surface area contributed by atoms with Crippen molar-refractivity contribution in [1.29, 1.82) is 0 Å². The fourth-order valence-corrected chi connectivity index (χ4v) is 4.83. The number of carbonyl (C=O) groups excluding carboxylic acids is 1. The summed E-state index contributed by atoms with van der Waals surface area (Å²) in [5.41, 5.74) is 2.04. The first-order chi connectivity index (χ1) is 12.6. The number of hydrogen-bond acceptors (Lipinski definition) is 4. The summed E-state index contributed by atoms with van der Waals surface area (Å²) >= 11 is 7.55. The zero-order chi connectivity index (χ0) is 18.1. The number of fused-ring (bicyclic) bond motifs is 3. The Kier molecular flexibility index (Phi) is 4.78. The Morgan fingerprint density at radius 2 is 2.23 bits per heavy atom. The molecule has 1 amide bonds. The predicted molar refractivity (Wildman–Crippen MR) is 104 cm³/mol. The van der Waals surface area contributed by atoms with Crippen LogP contribution in [0, 0.1) is 0 Å². The molecule has 134 valence electrons. The Hall–Kier alpha value is -2.18. The molecule has 1 aliphatic carbocycles. The van der Waals surface area contributed by atoms with Crippen LogP contribution in [-0.4, -0.2) is 15.9 Å². The lowest BCUT2D eigenvalue weighted by atomic mass is 10.2. The Labute approximate surface area is 159 Å². The van der Waals surface area contributed by atoms with Crippen LogP contribution in [0.4, 0.5) is 0 Å². The second-order valence-electron chi connectivity index (χ2n) is 6.46. The van der Waals surface area contributed by atoms with Gasteiger partial charge in [-0.3, -0.25) is 9.59 Å². The van der Waals surface area contributed by atoms with Crippen LogP contribution in [0.1, 0.15) is 34.7 Å². The van der Waals surface area contributed by atoms with Crippen LogP contribution in [-0.2, 0) is 30.6 Å². The second-order valence-corrected chi connectivity index (χ2v) is 7.98. The summed E-state index contributed by atoms with van der Waals surface area (Å²) in [6.07, 6.45) is 3.81. The maximum atomic E-state index is 12.4. The van der Waals surface area contributed by atoms with E-state index in [9.17, 15) is 9.59 Å². The third-order valence-corrected chi connectivity index (χ3v) is 6.01. The van der Waals surface area contributed by atoms with Gasteiger partial charge < -0.3 is 10.3 Å². The Bertz CT molecular complexity index is 1040. The Morgan fingerprint density at radius 1 is 1.35 bits per heavy atom. The van der Waals surface area contributed by atoms with E-state index in [0.717, 1.165) is 35.0 Å². The van der Waals surface area contributed by atoms with Crippen molar-refractivity contribution in [3.05, 3.63) is 61.5 Å². The quantitative estimate of drug-likeness (QED) is 0.704. The lowest BCUT2D eigenvalue weighted by molar-refractivity contribution is -0.121. The summed E-state index contributed by atoms with van der Waals surface area (Å²) in [6, 6.07) is 7.39. The monoisotopic (exact) mass is 387 g/mol. The van der Waals surface area contributed by atoms with E-state index in [-0.39, 0.29) is 17.9 Å². The number of carbonyl (C=O) groups is 1. The number of amides is 1. The molecule has 1 aliphatic rings. The molecule has 0 aliphatic heterocycles. The fourth-order valence-electron chi connectivity index (χ4n) is 3.33. The molecule has 2 heterocycles. The predicted octanol–water partition coefficient (Wildman–Crippen LogP) is 3.38. The van der Waals surface area contributed by atoms with Crippen molar-refractivity contribution in [2.24, 2.45) is 0 Å². The van der Waals surface area contributed by atoms with Gasteiger partial charge in [-0.15, -0.1) is 11.3 Å². The molecule has 3 aromatic rings. The molecule has 0 radical (unpaired) electrons. The van der Waals surface area contributed by atoms with E-state index in [2.05, 4.69) is 15.3 Å². The van der Waals surface area contributed by atoms with E-state index in [1.807, 2.05) is 18.2 Å². The molecule has 0 atom stereocenters. The zero-order valence-corrected chi connectivity index (χ0v) is 15.7. The van der Waals surface area contributed by atoms with Crippen molar-refractivity contribution in [1.82, 2.24) is 15.3 Å². The van der Waals surface area contributed by atoms with E-state index < -0.39 is 0 Å². The number of thiophene rings is 1. The van der Waals surface area contributed by atoms with Crippen LogP contribution < -0.4 is 10.9 Å². The van der Waals surface area contributed by atoms with Crippen molar-refractivity contribution in [3.8, 4) is 0 Å². The van der Waals surface area contributed by atoms with Crippen molar-refractivity contribution >= 4 is 39.1 Å². The normalized spacial score (nSPS) is 13.1. The number of rotatable bonds is 5. The van der Waals surface area contributed by atoms with Gasteiger partial charge in [-0.25, -0.2) is 4.98 Å². The first-order valence-corrected chi connectivity index (χ1v) is 9.84. The summed E-state index contributed by atoms with van der Waals surface area (Å²) in [5, 5.41) is 4.26. The standard InChI is InChI=1S/C19H18ClN3O2S/c20-12-4-1-3-11(9-12)10-21-16(24)8-7-15-22-18(25)17-13-5-2-6-14(13)26-19(17)23-15/h1,3-4,9H,2,5-8,10H2,(H,21,24)(H,22,23,25). The third-order valence-electron chi connectivity index (χ3n) is 4.59. The minimum absolute atomic E-state index is 0.0799. The summed E-state index contributed by atoms with van der Waals surface area (Å²) in [5.74, 6) is 0.488. The highest BCUT2D eigenvalue weighted by molar-refractivity contribution is 7.18. The fraction of sp³-hybridized carbons (Fsp3) is 0.316. The topological polar surface area (TPSA) is 74.8 Å². The summed E-state index contributed by atoms with van der Waals surface area (Å²) in [7, 11) is 0. The minimum atomic E-state index is -0.0820. The molecule has 2 N–H and O–H groups in total. The van der Waals surface area contributed by atoms with Gasteiger partial charge in [-0.1, -0.05) is 23.7 Å². The van der Waals surface area contributed by atoms with Crippen LogP contribution in [0.2, 0.25) is 5.02 Å². The number of aryl methyl sites for hydroxylation is 3. The molecule has 1 aromatic carbocycles. The van der Waals surface area contributed by atoms with E-state index in [1.165, 1.54) is 10.4 Å². The molecule has 4 rings (SSSR count). The van der Waals surface area contributed by atoms with Crippen LogP contribution in [0.5, 0.6) is 0 Å². The third kappa shape index (κ3) is 3.52. The first kappa shape index (κ1) is 17.2. The van der Waals surface area contributed by atoms with Gasteiger partial charge in [0.25, 0.3) is 5.56 Å². The Balaban J connectivity index is 1.40. The number of H-pyrrole nitrogens is 1. The highest BCUT2D eigenvalue weighted by Gasteiger charge is 2.21. The highest BCUT2D eigenvalue weighted by atomic mass is 35.5. The highest BCUT2D eigenvalue weighted by Crippen LogP contribution is 2.34. The van der Waals surface area contributed by atoms with Gasteiger partial charge in [0.15, 0.2) is 0 Å². The first-order valence-electron chi connectivity index (χ1n) is 8.65. The number of hydrogen-bond donors (Lipinski definition) is 2.